The molecule has 0 N–H and O–H groups in total. The molecule has 2 aliphatic carbocycles. The number of esters is 1. The van der Waals surface area contributed by atoms with Crippen molar-refractivity contribution in [1.29, 1.82) is 0 Å². The van der Waals surface area contributed by atoms with Gasteiger partial charge in [0.2, 0.25) is 5.91 Å². The van der Waals surface area contributed by atoms with E-state index in [1.54, 1.807) is 7.11 Å². The molecular formula is C20H28BrNO4S. The minimum atomic E-state index is -0.392. The van der Waals surface area contributed by atoms with Gasteiger partial charge in [0.05, 0.1) is 22.7 Å². The van der Waals surface area contributed by atoms with E-state index >= 15 is 0 Å². The first-order valence-electron chi connectivity index (χ1n) is 9.68. The predicted molar refractivity (Wildman–Crippen MR) is 110 cm³/mol. The Morgan fingerprint density at radius 1 is 1.15 bits per heavy atom. The number of anilines is 1. The van der Waals surface area contributed by atoms with E-state index in [0.717, 1.165) is 48.7 Å². The van der Waals surface area contributed by atoms with Crippen LogP contribution >= 0.6 is 27.3 Å². The lowest BCUT2D eigenvalue weighted by Crippen LogP contribution is -2.44. The van der Waals surface area contributed by atoms with Crippen LogP contribution in [-0.4, -0.2) is 38.2 Å². The van der Waals surface area contributed by atoms with Gasteiger partial charge in [0.25, 0.3) is 0 Å². The summed E-state index contributed by atoms with van der Waals surface area (Å²) in [5.74, 6) is 0.482. The Balaban J connectivity index is 1.93. The topological polar surface area (TPSA) is 55.8 Å². The van der Waals surface area contributed by atoms with E-state index in [1.807, 2.05) is 11.0 Å². The van der Waals surface area contributed by atoms with Gasteiger partial charge in [0.1, 0.15) is 4.88 Å². The zero-order chi connectivity index (χ0) is 19.6. The number of nitrogens with zero attached hydrogens (tertiary/aromatic N) is 1. The third-order valence-corrected chi connectivity index (χ3v) is 7.58. The van der Waals surface area contributed by atoms with Crippen molar-refractivity contribution in [2.75, 3.05) is 19.1 Å². The van der Waals surface area contributed by atoms with E-state index < -0.39 is 5.97 Å². The van der Waals surface area contributed by atoms with Crippen molar-refractivity contribution in [3.8, 4) is 0 Å². The zero-order valence-electron chi connectivity index (χ0n) is 16.2. The van der Waals surface area contributed by atoms with E-state index in [2.05, 4.69) is 22.9 Å². The SMILES string of the molecule is COC(=O)c1sc(Br)cc1N(C(=O)C1CCC(C)CC1)C1CCC(OC)C1. The number of methoxy groups -OCH3 is 2. The van der Waals surface area contributed by atoms with Crippen LogP contribution in [0.1, 0.15) is 61.5 Å². The highest BCUT2D eigenvalue weighted by Gasteiger charge is 2.39. The lowest BCUT2D eigenvalue weighted by atomic mass is 9.82. The molecule has 0 aliphatic heterocycles. The number of carbonyl (C=O) groups excluding carboxylic acids is 2. The van der Waals surface area contributed by atoms with Crippen LogP contribution in [0.2, 0.25) is 0 Å². The van der Waals surface area contributed by atoms with Crippen molar-refractivity contribution in [2.24, 2.45) is 11.8 Å². The Bertz CT molecular complexity index is 684. The first kappa shape index (κ1) is 20.8. The minimum absolute atomic E-state index is 0.0342. The third-order valence-electron chi connectivity index (χ3n) is 5.97. The molecule has 1 aromatic rings. The van der Waals surface area contributed by atoms with Gasteiger partial charge in [0, 0.05) is 19.1 Å². The normalized spacial score (nSPS) is 28.1. The van der Waals surface area contributed by atoms with Gasteiger partial charge >= 0.3 is 5.97 Å². The fourth-order valence-electron chi connectivity index (χ4n) is 4.34. The number of thiophene rings is 1. The number of hydrogen-bond donors (Lipinski definition) is 0. The molecule has 2 atom stereocenters. The first-order chi connectivity index (χ1) is 12.9. The molecule has 1 heterocycles. The number of ether oxygens (including phenoxy) is 2. The van der Waals surface area contributed by atoms with E-state index in [1.165, 1.54) is 18.4 Å². The molecule has 1 amide bonds. The average Bonchev–Trinajstić information content (AvgIpc) is 3.29. The highest BCUT2D eigenvalue weighted by atomic mass is 79.9. The lowest BCUT2D eigenvalue weighted by molar-refractivity contribution is -0.124. The molecule has 5 nitrogen and oxygen atoms in total. The standard InChI is InChI=1S/C20H28BrNO4S/c1-12-4-6-13(7-5-12)19(23)22(14-8-9-15(10-14)25-2)16-11-17(21)27-18(16)20(24)26-3/h11-15H,4-10H2,1-3H3. The number of carbonyl (C=O) groups is 2. The summed E-state index contributed by atoms with van der Waals surface area (Å²) in [6, 6.07) is 1.95. The van der Waals surface area contributed by atoms with Gasteiger partial charge in [-0.15, -0.1) is 11.3 Å². The van der Waals surface area contributed by atoms with E-state index in [-0.39, 0.29) is 24.0 Å². The third kappa shape index (κ3) is 4.57. The molecule has 150 valence electrons. The van der Waals surface area contributed by atoms with Crippen LogP contribution in [0.4, 0.5) is 5.69 Å². The zero-order valence-corrected chi connectivity index (χ0v) is 18.6. The number of rotatable bonds is 5. The molecule has 0 aromatic carbocycles. The van der Waals surface area contributed by atoms with Gasteiger partial charge in [-0.1, -0.05) is 6.92 Å². The van der Waals surface area contributed by atoms with Crippen LogP contribution in [0.25, 0.3) is 0 Å². The second-order valence-electron chi connectivity index (χ2n) is 7.75. The number of hydrogen-bond acceptors (Lipinski definition) is 5. The maximum Gasteiger partial charge on any atom is 0.350 e. The summed E-state index contributed by atoms with van der Waals surface area (Å²) in [5.41, 5.74) is 0.684. The molecule has 1 aromatic heterocycles. The molecule has 3 rings (SSSR count). The van der Waals surface area contributed by atoms with Crippen molar-refractivity contribution in [3.05, 3.63) is 14.7 Å². The molecule has 2 aliphatic rings. The Hall–Kier alpha value is -0.920. The summed E-state index contributed by atoms with van der Waals surface area (Å²) in [4.78, 5) is 28.3. The Morgan fingerprint density at radius 3 is 2.44 bits per heavy atom. The summed E-state index contributed by atoms with van der Waals surface area (Å²) >= 11 is 4.81. The molecule has 2 fully saturated rings. The van der Waals surface area contributed by atoms with Crippen molar-refractivity contribution < 1.29 is 19.1 Å². The second-order valence-corrected chi connectivity index (χ2v) is 10.2. The van der Waals surface area contributed by atoms with Gasteiger partial charge in [-0.3, -0.25) is 4.79 Å². The van der Waals surface area contributed by atoms with Gasteiger partial charge in [-0.05, 0) is 72.9 Å². The molecule has 0 saturated heterocycles. The smallest absolute Gasteiger partial charge is 0.350 e. The largest absolute Gasteiger partial charge is 0.465 e. The Morgan fingerprint density at radius 2 is 1.85 bits per heavy atom. The predicted octanol–water partition coefficient (Wildman–Crippen LogP) is 5.02. The fraction of sp³-hybridized carbons (Fsp3) is 0.700. The summed E-state index contributed by atoms with van der Waals surface area (Å²) in [7, 11) is 3.10. The van der Waals surface area contributed by atoms with Crippen molar-refractivity contribution in [2.45, 2.75) is 64.0 Å². The maximum atomic E-state index is 13.6. The van der Waals surface area contributed by atoms with Crippen molar-refractivity contribution in [1.82, 2.24) is 0 Å². The van der Waals surface area contributed by atoms with Crippen LogP contribution in [0.3, 0.4) is 0 Å². The fourth-order valence-corrected chi connectivity index (χ4v) is 5.83. The Labute approximate surface area is 173 Å². The van der Waals surface area contributed by atoms with E-state index in [0.29, 0.717) is 16.5 Å². The molecule has 27 heavy (non-hydrogen) atoms. The highest BCUT2D eigenvalue weighted by molar-refractivity contribution is 9.11. The Kier molecular flexibility index (Phi) is 6.98. The van der Waals surface area contributed by atoms with E-state index in [9.17, 15) is 9.59 Å². The van der Waals surface area contributed by atoms with Crippen molar-refractivity contribution >= 4 is 44.8 Å². The van der Waals surface area contributed by atoms with Gasteiger partial charge in [0.15, 0.2) is 0 Å². The lowest BCUT2D eigenvalue weighted by Gasteiger charge is -2.34. The van der Waals surface area contributed by atoms with Crippen LogP contribution in [-0.2, 0) is 14.3 Å². The summed E-state index contributed by atoms with van der Waals surface area (Å²) in [5, 5.41) is 0. The monoisotopic (exact) mass is 457 g/mol. The van der Waals surface area contributed by atoms with Crippen LogP contribution in [0, 0.1) is 11.8 Å². The molecule has 0 spiro atoms. The second kappa shape index (κ2) is 9.05. The average molecular weight is 458 g/mol. The summed E-state index contributed by atoms with van der Waals surface area (Å²) in [6.07, 6.45) is 6.83. The molecule has 2 unspecified atom stereocenters. The molecule has 7 heteroatoms. The van der Waals surface area contributed by atoms with Gasteiger partial charge in [-0.2, -0.15) is 0 Å². The maximum absolute atomic E-state index is 13.6. The van der Waals surface area contributed by atoms with E-state index in [4.69, 9.17) is 9.47 Å². The quantitative estimate of drug-likeness (QED) is 0.582. The summed E-state index contributed by atoms with van der Waals surface area (Å²) in [6.45, 7) is 2.25. The van der Waals surface area contributed by atoms with Crippen molar-refractivity contribution in [3.63, 3.8) is 0 Å². The molecule has 0 bridgehead atoms. The van der Waals surface area contributed by atoms with Gasteiger partial charge < -0.3 is 14.4 Å². The molecular weight excluding hydrogens is 430 g/mol. The number of amides is 1. The van der Waals surface area contributed by atoms with Crippen LogP contribution < -0.4 is 4.90 Å². The highest BCUT2D eigenvalue weighted by Crippen LogP contribution is 2.41. The minimum Gasteiger partial charge on any atom is -0.465 e. The molecule has 2 saturated carbocycles. The number of halogens is 1. The summed E-state index contributed by atoms with van der Waals surface area (Å²) < 4.78 is 11.3. The molecule has 0 radical (unpaired) electrons. The van der Waals surface area contributed by atoms with Crippen LogP contribution in [0.15, 0.2) is 9.85 Å². The van der Waals surface area contributed by atoms with Gasteiger partial charge in [-0.25, -0.2) is 4.79 Å². The first-order valence-corrected chi connectivity index (χ1v) is 11.3. The van der Waals surface area contributed by atoms with Crippen LogP contribution in [0.5, 0.6) is 0 Å².